The maximum Gasteiger partial charge on any atom is 0.162 e. The Labute approximate surface area is 104 Å². The molecule has 0 amide bonds. The summed E-state index contributed by atoms with van der Waals surface area (Å²) in [6, 6.07) is 8.12. The minimum absolute atomic E-state index is 0.195. The third-order valence-electron chi connectivity index (χ3n) is 3.21. The molecule has 0 aliphatic rings. The van der Waals surface area contributed by atoms with E-state index < -0.39 is 0 Å². The van der Waals surface area contributed by atoms with Crippen LogP contribution < -0.4 is 5.32 Å². The summed E-state index contributed by atoms with van der Waals surface area (Å²) in [7, 11) is 0. The molecule has 94 valence electrons. The van der Waals surface area contributed by atoms with Crippen LogP contribution in [0.3, 0.4) is 0 Å². The molecule has 17 heavy (non-hydrogen) atoms. The van der Waals surface area contributed by atoms with Gasteiger partial charge in [0.2, 0.25) is 0 Å². The second-order valence-electron chi connectivity index (χ2n) is 5.59. The number of hydrogen-bond acceptors (Lipinski definition) is 2. The first-order valence-corrected chi connectivity index (χ1v) is 6.24. The van der Waals surface area contributed by atoms with Crippen LogP contribution in [0.25, 0.3) is 0 Å². The van der Waals surface area contributed by atoms with E-state index in [2.05, 4.69) is 33.0 Å². The van der Waals surface area contributed by atoms with Crippen LogP contribution in [0, 0.1) is 5.41 Å². The molecule has 0 saturated carbocycles. The van der Waals surface area contributed by atoms with Gasteiger partial charge in [0.05, 0.1) is 0 Å². The second-order valence-corrected chi connectivity index (χ2v) is 5.59. The summed E-state index contributed by atoms with van der Waals surface area (Å²) in [6.07, 6.45) is 0.561. The van der Waals surface area contributed by atoms with Crippen LogP contribution in [0.5, 0.6) is 0 Å². The van der Waals surface area contributed by atoms with Crippen LogP contribution >= 0.6 is 0 Å². The van der Waals surface area contributed by atoms with Crippen molar-refractivity contribution in [2.75, 3.05) is 5.32 Å². The largest absolute Gasteiger partial charge is 0.382 e. The van der Waals surface area contributed by atoms with E-state index in [4.69, 9.17) is 0 Å². The van der Waals surface area contributed by atoms with Gasteiger partial charge in [-0.05, 0) is 36.6 Å². The van der Waals surface area contributed by atoms with E-state index in [1.807, 2.05) is 31.2 Å². The molecular weight excluding hydrogens is 210 g/mol. The van der Waals surface area contributed by atoms with E-state index in [1.54, 1.807) is 0 Å². The van der Waals surface area contributed by atoms with Gasteiger partial charge in [-0.3, -0.25) is 4.79 Å². The van der Waals surface area contributed by atoms with Crippen LogP contribution in [-0.2, 0) is 0 Å². The fourth-order valence-electron chi connectivity index (χ4n) is 1.42. The highest BCUT2D eigenvalue weighted by atomic mass is 16.1. The van der Waals surface area contributed by atoms with Crippen molar-refractivity contribution in [2.24, 2.45) is 5.41 Å². The zero-order valence-corrected chi connectivity index (χ0v) is 11.5. The topological polar surface area (TPSA) is 29.1 Å². The minimum atomic E-state index is 0.195. The molecule has 0 saturated heterocycles. The van der Waals surface area contributed by atoms with Crippen LogP contribution in [0.1, 0.15) is 51.4 Å². The number of carbonyl (C=O) groups excluding carboxylic acids is 1. The Morgan fingerprint density at radius 2 is 1.76 bits per heavy atom. The molecule has 2 heteroatoms. The number of hydrogen-bond donors (Lipinski definition) is 1. The summed E-state index contributed by atoms with van der Waals surface area (Å²) < 4.78 is 0. The van der Waals surface area contributed by atoms with E-state index >= 15 is 0 Å². The number of Topliss-reactive ketones (excluding diaryl/α,β-unsaturated/α-hetero) is 1. The molecule has 1 rings (SSSR count). The van der Waals surface area contributed by atoms with E-state index in [0.717, 1.165) is 11.3 Å². The first-order chi connectivity index (χ1) is 7.84. The Balaban J connectivity index is 2.72. The highest BCUT2D eigenvalue weighted by Gasteiger charge is 2.19. The van der Waals surface area contributed by atoms with Crippen LogP contribution in [0.15, 0.2) is 24.3 Å². The predicted molar refractivity (Wildman–Crippen MR) is 73.6 cm³/mol. The van der Waals surface area contributed by atoms with Crippen molar-refractivity contribution in [2.45, 2.75) is 47.1 Å². The lowest BCUT2D eigenvalue weighted by Crippen LogP contribution is -2.30. The van der Waals surface area contributed by atoms with Crippen molar-refractivity contribution >= 4 is 11.5 Å². The third-order valence-corrected chi connectivity index (χ3v) is 3.21. The SMILES string of the molecule is CCC(=O)c1ccc(NC(C)C(C)(C)C)cc1. The van der Waals surface area contributed by atoms with Crippen molar-refractivity contribution in [3.8, 4) is 0 Å². The van der Waals surface area contributed by atoms with Crippen molar-refractivity contribution in [3.63, 3.8) is 0 Å². The van der Waals surface area contributed by atoms with Crippen LogP contribution in [0.4, 0.5) is 5.69 Å². The number of anilines is 1. The molecule has 0 fully saturated rings. The van der Waals surface area contributed by atoms with Gasteiger partial charge in [0.25, 0.3) is 0 Å². The standard InChI is InChI=1S/C15H23NO/c1-6-14(17)12-7-9-13(10-8-12)16-11(2)15(3,4)5/h7-11,16H,6H2,1-5H3. The maximum absolute atomic E-state index is 11.5. The lowest BCUT2D eigenvalue weighted by atomic mass is 9.88. The average molecular weight is 233 g/mol. The molecule has 0 aliphatic carbocycles. The molecule has 1 atom stereocenters. The van der Waals surface area contributed by atoms with Crippen molar-refractivity contribution < 1.29 is 4.79 Å². The highest BCUT2D eigenvalue weighted by Crippen LogP contribution is 2.23. The molecule has 1 unspecified atom stereocenters. The van der Waals surface area contributed by atoms with Crippen LogP contribution in [-0.4, -0.2) is 11.8 Å². The van der Waals surface area contributed by atoms with Gasteiger partial charge in [-0.15, -0.1) is 0 Å². The molecule has 0 aromatic heterocycles. The van der Waals surface area contributed by atoms with Crippen molar-refractivity contribution in [3.05, 3.63) is 29.8 Å². The smallest absolute Gasteiger partial charge is 0.162 e. The fraction of sp³-hybridized carbons (Fsp3) is 0.533. The summed E-state index contributed by atoms with van der Waals surface area (Å²) in [5, 5.41) is 3.45. The lowest BCUT2D eigenvalue weighted by Gasteiger charge is -2.29. The van der Waals surface area contributed by atoms with Gasteiger partial charge in [0.15, 0.2) is 5.78 Å². The zero-order chi connectivity index (χ0) is 13.1. The molecule has 0 radical (unpaired) electrons. The number of benzene rings is 1. The van der Waals surface area contributed by atoms with E-state index in [-0.39, 0.29) is 11.2 Å². The average Bonchev–Trinajstić information content (AvgIpc) is 2.27. The number of carbonyl (C=O) groups is 1. The lowest BCUT2D eigenvalue weighted by molar-refractivity contribution is 0.0988. The first-order valence-electron chi connectivity index (χ1n) is 6.24. The summed E-state index contributed by atoms with van der Waals surface area (Å²) in [5.41, 5.74) is 2.08. The molecular formula is C15H23NO. The van der Waals surface area contributed by atoms with Gasteiger partial charge >= 0.3 is 0 Å². The van der Waals surface area contributed by atoms with Gasteiger partial charge in [-0.25, -0.2) is 0 Å². The van der Waals surface area contributed by atoms with E-state index in [9.17, 15) is 4.79 Å². The highest BCUT2D eigenvalue weighted by molar-refractivity contribution is 5.96. The number of rotatable bonds is 4. The first kappa shape index (κ1) is 13.8. The molecule has 0 aliphatic heterocycles. The minimum Gasteiger partial charge on any atom is -0.382 e. The summed E-state index contributed by atoms with van der Waals surface area (Å²) in [6.45, 7) is 10.7. The molecule has 0 spiro atoms. The second kappa shape index (κ2) is 5.35. The van der Waals surface area contributed by atoms with Gasteiger partial charge in [-0.2, -0.15) is 0 Å². The normalized spacial score (nSPS) is 13.2. The summed E-state index contributed by atoms with van der Waals surface area (Å²) in [5.74, 6) is 0.195. The number of nitrogens with one attached hydrogen (secondary N) is 1. The fourth-order valence-corrected chi connectivity index (χ4v) is 1.42. The molecule has 1 aromatic carbocycles. The Morgan fingerprint density at radius 1 is 1.24 bits per heavy atom. The molecule has 2 nitrogen and oxygen atoms in total. The van der Waals surface area contributed by atoms with Gasteiger partial charge < -0.3 is 5.32 Å². The Morgan fingerprint density at radius 3 is 2.18 bits per heavy atom. The summed E-state index contributed by atoms with van der Waals surface area (Å²) >= 11 is 0. The predicted octanol–water partition coefficient (Wildman–Crippen LogP) is 4.13. The third kappa shape index (κ3) is 3.88. The Hall–Kier alpha value is -1.31. The summed E-state index contributed by atoms with van der Waals surface area (Å²) in [4.78, 5) is 11.5. The van der Waals surface area contributed by atoms with Gasteiger partial charge in [0, 0.05) is 23.7 Å². The molecule has 0 heterocycles. The van der Waals surface area contributed by atoms with E-state index in [0.29, 0.717) is 12.5 Å². The molecule has 1 aromatic rings. The van der Waals surface area contributed by atoms with Gasteiger partial charge in [0.1, 0.15) is 0 Å². The quantitative estimate of drug-likeness (QED) is 0.792. The number of ketones is 1. The van der Waals surface area contributed by atoms with Crippen molar-refractivity contribution in [1.29, 1.82) is 0 Å². The molecule has 1 N–H and O–H groups in total. The van der Waals surface area contributed by atoms with E-state index in [1.165, 1.54) is 0 Å². The monoisotopic (exact) mass is 233 g/mol. The molecule has 0 bridgehead atoms. The van der Waals surface area contributed by atoms with Crippen molar-refractivity contribution in [1.82, 2.24) is 0 Å². The van der Waals surface area contributed by atoms with Crippen LogP contribution in [0.2, 0.25) is 0 Å². The zero-order valence-electron chi connectivity index (χ0n) is 11.5. The van der Waals surface area contributed by atoms with Gasteiger partial charge in [-0.1, -0.05) is 27.7 Å². The maximum atomic E-state index is 11.5. The Bertz CT molecular complexity index is 373. The Kier molecular flexibility index (Phi) is 4.33.